The molecule has 0 atom stereocenters. The van der Waals surface area contributed by atoms with Crippen molar-refractivity contribution in [1.82, 2.24) is 9.38 Å². The molecular weight excluding hydrogens is 364 g/mol. The zero-order valence-corrected chi connectivity index (χ0v) is 15.6. The minimum Gasteiger partial charge on any atom is -0.493 e. The van der Waals surface area contributed by atoms with E-state index in [1.807, 2.05) is 24.3 Å². The van der Waals surface area contributed by atoms with Gasteiger partial charge < -0.3 is 9.47 Å². The predicted molar refractivity (Wildman–Crippen MR) is 105 cm³/mol. The van der Waals surface area contributed by atoms with Crippen LogP contribution in [0.25, 0.3) is 22.1 Å². The van der Waals surface area contributed by atoms with Gasteiger partial charge in [0.1, 0.15) is 0 Å². The highest BCUT2D eigenvalue weighted by atomic mass is 32.1. The van der Waals surface area contributed by atoms with E-state index >= 15 is 0 Å². The first-order valence-electron chi connectivity index (χ1n) is 8.41. The molecule has 0 spiro atoms. The van der Waals surface area contributed by atoms with Crippen LogP contribution in [0.2, 0.25) is 0 Å². The maximum absolute atomic E-state index is 12.8. The molecule has 2 aromatic carbocycles. The quantitative estimate of drug-likeness (QED) is 0.402. The van der Waals surface area contributed by atoms with Crippen molar-refractivity contribution < 1.29 is 14.3 Å². The predicted octanol–water partition coefficient (Wildman–Crippen LogP) is 2.78. The van der Waals surface area contributed by atoms with Gasteiger partial charge in [-0.15, -0.1) is 0 Å². The number of fused-ring (bicyclic) bond motifs is 3. The summed E-state index contributed by atoms with van der Waals surface area (Å²) in [5.41, 5.74) is 2.27. The number of nitrogens with zero attached hydrogens (tertiary/aromatic N) is 2. The van der Waals surface area contributed by atoms with Crippen molar-refractivity contribution in [2.24, 2.45) is 0 Å². The molecule has 136 valence electrons. The molecule has 7 heteroatoms. The summed E-state index contributed by atoms with van der Waals surface area (Å²) in [6.45, 7) is 1.73. The fourth-order valence-corrected chi connectivity index (χ4v) is 3.80. The number of hydrogen-bond donors (Lipinski definition) is 0. The molecule has 4 rings (SSSR count). The molecule has 6 nitrogen and oxygen atoms in total. The Labute approximate surface area is 158 Å². The highest BCUT2D eigenvalue weighted by molar-refractivity contribution is 7.15. The van der Waals surface area contributed by atoms with Crippen LogP contribution in [0.1, 0.15) is 18.9 Å². The van der Waals surface area contributed by atoms with Gasteiger partial charge in [-0.2, -0.15) is 0 Å². The van der Waals surface area contributed by atoms with Crippen molar-refractivity contribution in [3.05, 3.63) is 62.9 Å². The summed E-state index contributed by atoms with van der Waals surface area (Å²) in [7, 11) is 1.51. The number of carbonyl (C=O) groups excluding carboxylic acids is 1. The molecule has 2 aromatic heterocycles. The number of benzene rings is 2. The lowest BCUT2D eigenvalue weighted by atomic mass is 10.2. The molecule has 0 fully saturated rings. The van der Waals surface area contributed by atoms with E-state index in [-0.39, 0.29) is 17.9 Å². The Morgan fingerprint density at radius 2 is 2.04 bits per heavy atom. The van der Waals surface area contributed by atoms with Gasteiger partial charge >= 0.3 is 5.97 Å². The summed E-state index contributed by atoms with van der Waals surface area (Å²) >= 11 is 1.33. The maximum Gasteiger partial charge on any atom is 0.311 e. The largest absolute Gasteiger partial charge is 0.493 e. The van der Waals surface area contributed by atoms with Gasteiger partial charge in [0.05, 0.1) is 22.7 Å². The fraction of sp³-hybridized carbons (Fsp3) is 0.150. The first-order valence-corrected chi connectivity index (χ1v) is 9.23. The molecule has 0 aliphatic heterocycles. The van der Waals surface area contributed by atoms with Crippen molar-refractivity contribution in [2.45, 2.75) is 13.3 Å². The Kier molecular flexibility index (Phi) is 4.37. The van der Waals surface area contributed by atoms with Gasteiger partial charge in [0.2, 0.25) is 0 Å². The Morgan fingerprint density at radius 1 is 1.22 bits per heavy atom. The Morgan fingerprint density at radius 3 is 2.81 bits per heavy atom. The summed E-state index contributed by atoms with van der Waals surface area (Å²) in [6.07, 6.45) is 2.06. The molecule has 0 bridgehead atoms. The summed E-state index contributed by atoms with van der Waals surface area (Å²) in [6, 6.07) is 12.7. The molecular formula is C20H16N2O4S. The first-order chi connectivity index (χ1) is 13.1. The lowest BCUT2D eigenvalue weighted by Gasteiger charge is -2.09. The van der Waals surface area contributed by atoms with Crippen LogP contribution in [0.15, 0.2) is 47.3 Å². The number of thiazole rings is 1. The molecule has 0 saturated carbocycles. The number of aromatic nitrogens is 2. The number of methoxy groups -OCH3 is 1. The minimum atomic E-state index is -0.335. The molecule has 0 N–H and O–H groups in total. The van der Waals surface area contributed by atoms with E-state index in [4.69, 9.17) is 9.47 Å². The van der Waals surface area contributed by atoms with Crippen molar-refractivity contribution in [2.75, 3.05) is 7.11 Å². The Balaban J connectivity index is 1.80. The van der Waals surface area contributed by atoms with Crippen molar-refractivity contribution in [3.63, 3.8) is 0 Å². The van der Waals surface area contributed by atoms with Crippen molar-refractivity contribution in [3.8, 4) is 11.5 Å². The van der Waals surface area contributed by atoms with E-state index in [2.05, 4.69) is 4.98 Å². The lowest BCUT2D eigenvalue weighted by Crippen LogP contribution is -2.22. The van der Waals surface area contributed by atoms with Gasteiger partial charge in [-0.3, -0.25) is 9.59 Å². The highest BCUT2D eigenvalue weighted by Crippen LogP contribution is 2.28. The van der Waals surface area contributed by atoms with Gasteiger partial charge in [-0.1, -0.05) is 36.5 Å². The zero-order chi connectivity index (χ0) is 19.0. The SMILES string of the molecule is CCC(=O)Oc1ccc(/C=c2\sc3nc4ccccc4n3c2=O)cc1OC. The van der Waals surface area contributed by atoms with Gasteiger partial charge in [0, 0.05) is 6.42 Å². The second-order valence-corrected chi connectivity index (χ2v) is 6.88. The fourth-order valence-electron chi connectivity index (χ4n) is 2.82. The topological polar surface area (TPSA) is 69.9 Å². The third-order valence-electron chi connectivity index (χ3n) is 4.14. The van der Waals surface area contributed by atoms with Crippen LogP contribution in [-0.4, -0.2) is 22.5 Å². The van der Waals surface area contributed by atoms with Gasteiger partial charge in [0.25, 0.3) is 5.56 Å². The molecule has 0 unspecified atom stereocenters. The molecule has 2 heterocycles. The number of esters is 1. The minimum absolute atomic E-state index is 0.107. The van der Waals surface area contributed by atoms with Gasteiger partial charge in [-0.25, -0.2) is 9.38 Å². The van der Waals surface area contributed by atoms with Gasteiger partial charge in [-0.05, 0) is 35.9 Å². The number of rotatable bonds is 4. The average molecular weight is 380 g/mol. The third-order valence-corrected chi connectivity index (χ3v) is 5.11. The van der Waals surface area contributed by atoms with Crippen LogP contribution in [0.5, 0.6) is 11.5 Å². The van der Waals surface area contributed by atoms with Crippen LogP contribution < -0.4 is 19.6 Å². The zero-order valence-electron chi connectivity index (χ0n) is 14.8. The van der Waals surface area contributed by atoms with E-state index in [1.165, 1.54) is 18.4 Å². The second kappa shape index (κ2) is 6.85. The normalized spacial score (nSPS) is 12.0. The van der Waals surface area contributed by atoms with Gasteiger partial charge in [0.15, 0.2) is 16.5 Å². The van der Waals surface area contributed by atoms with Crippen LogP contribution in [0, 0.1) is 0 Å². The summed E-state index contributed by atoms with van der Waals surface area (Å²) in [4.78, 5) is 29.5. The molecule has 0 aliphatic carbocycles. The second-order valence-electron chi connectivity index (χ2n) is 5.87. The summed E-state index contributed by atoms with van der Waals surface area (Å²) in [5.74, 6) is 0.457. The number of hydrogen-bond acceptors (Lipinski definition) is 6. The average Bonchev–Trinajstić information content (AvgIpc) is 3.19. The molecule has 0 aliphatic rings. The van der Waals surface area contributed by atoms with E-state index < -0.39 is 0 Å². The smallest absolute Gasteiger partial charge is 0.311 e. The summed E-state index contributed by atoms with van der Waals surface area (Å²) < 4.78 is 12.8. The lowest BCUT2D eigenvalue weighted by molar-refractivity contribution is -0.134. The summed E-state index contributed by atoms with van der Waals surface area (Å²) in [5, 5.41) is 0. The van der Waals surface area contributed by atoms with Crippen molar-refractivity contribution >= 4 is 39.4 Å². The van der Waals surface area contributed by atoms with Crippen LogP contribution in [-0.2, 0) is 4.79 Å². The molecule has 0 amide bonds. The molecule has 4 aromatic rings. The van der Waals surface area contributed by atoms with Crippen LogP contribution >= 0.6 is 11.3 Å². The standard InChI is InChI=1S/C20H16N2O4S/c1-3-18(23)26-15-9-8-12(10-16(15)25-2)11-17-19(24)22-14-7-5-4-6-13(14)21-20(22)27-17/h4-11H,3H2,1-2H3/b17-11-. The van der Waals surface area contributed by atoms with Crippen LogP contribution in [0.4, 0.5) is 0 Å². The Hall–Kier alpha value is -3.19. The van der Waals surface area contributed by atoms with E-state index in [0.717, 1.165) is 16.6 Å². The van der Waals surface area contributed by atoms with Crippen LogP contribution in [0.3, 0.4) is 0 Å². The monoisotopic (exact) mass is 380 g/mol. The molecule has 0 saturated heterocycles. The highest BCUT2D eigenvalue weighted by Gasteiger charge is 2.12. The Bertz CT molecular complexity index is 1270. The van der Waals surface area contributed by atoms with E-state index in [1.54, 1.807) is 35.6 Å². The molecule has 0 radical (unpaired) electrons. The maximum atomic E-state index is 12.8. The van der Waals surface area contributed by atoms with Crippen molar-refractivity contribution in [1.29, 1.82) is 0 Å². The first kappa shape index (κ1) is 17.2. The number of imidazole rings is 1. The van der Waals surface area contributed by atoms with E-state index in [9.17, 15) is 9.59 Å². The number of ether oxygens (including phenoxy) is 2. The third kappa shape index (κ3) is 3.06. The number of carbonyl (C=O) groups is 1. The molecule has 27 heavy (non-hydrogen) atoms. The number of para-hydroxylation sites is 2. The van der Waals surface area contributed by atoms with E-state index in [0.29, 0.717) is 21.0 Å².